The van der Waals surface area contributed by atoms with Crippen molar-refractivity contribution in [2.24, 2.45) is 0 Å². The number of para-hydroxylation sites is 1. The standard InChI is InChI=1S/C22H21N3O4/c1-3-28-18-10-6-8-15-11-19(29-21(15)18)14(2)24-20(26)13-25-22(27)17-9-5-4-7-16(17)12-23-25/h4-12,14H,3,13H2,1-2H3,(H,24,26). The van der Waals surface area contributed by atoms with Crippen molar-refractivity contribution >= 4 is 27.6 Å². The Balaban J connectivity index is 1.51. The number of benzene rings is 2. The summed E-state index contributed by atoms with van der Waals surface area (Å²) in [4.78, 5) is 25.0. The molecule has 0 aliphatic carbocycles. The molecule has 0 bridgehead atoms. The monoisotopic (exact) mass is 391 g/mol. The van der Waals surface area contributed by atoms with Gasteiger partial charge in [0.2, 0.25) is 5.91 Å². The Labute approximate surface area is 166 Å². The van der Waals surface area contributed by atoms with Gasteiger partial charge < -0.3 is 14.5 Å². The zero-order valence-corrected chi connectivity index (χ0v) is 16.2. The topological polar surface area (TPSA) is 86.4 Å². The van der Waals surface area contributed by atoms with E-state index in [9.17, 15) is 9.59 Å². The van der Waals surface area contributed by atoms with Crippen molar-refractivity contribution in [3.05, 3.63) is 70.8 Å². The molecule has 2 heterocycles. The highest BCUT2D eigenvalue weighted by atomic mass is 16.5. The fourth-order valence-corrected chi connectivity index (χ4v) is 3.27. The van der Waals surface area contributed by atoms with E-state index in [2.05, 4.69) is 10.4 Å². The second kappa shape index (κ2) is 7.79. The fraction of sp³-hybridized carbons (Fsp3) is 0.227. The van der Waals surface area contributed by atoms with E-state index in [1.165, 1.54) is 0 Å². The molecule has 1 atom stereocenters. The first-order valence-corrected chi connectivity index (χ1v) is 9.46. The molecule has 4 aromatic rings. The second-order valence-electron chi connectivity index (χ2n) is 6.74. The molecule has 0 aliphatic heterocycles. The Bertz CT molecular complexity index is 1240. The highest BCUT2D eigenvalue weighted by Crippen LogP contribution is 2.31. The van der Waals surface area contributed by atoms with Crippen molar-refractivity contribution < 1.29 is 13.9 Å². The largest absolute Gasteiger partial charge is 0.490 e. The Hall–Kier alpha value is -3.61. The molecule has 0 radical (unpaired) electrons. The van der Waals surface area contributed by atoms with Gasteiger partial charge >= 0.3 is 0 Å². The Morgan fingerprint density at radius 2 is 2.00 bits per heavy atom. The number of hydrogen-bond donors (Lipinski definition) is 1. The van der Waals surface area contributed by atoms with E-state index in [1.807, 2.05) is 50.2 Å². The van der Waals surface area contributed by atoms with Crippen molar-refractivity contribution in [1.29, 1.82) is 0 Å². The van der Waals surface area contributed by atoms with Gasteiger partial charge in [-0.3, -0.25) is 9.59 Å². The van der Waals surface area contributed by atoms with Crippen LogP contribution in [-0.4, -0.2) is 22.3 Å². The van der Waals surface area contributed by atoms with Gasteiger partial charge in [0, 0.05) is 10.8 Å². The second-order valence-corrected chi connectivity index (χ2v) is 6.74. The molecule has 1 N–H and O–H groups in total. The number of amides is 1. The van der Waals surface area contributed by atoms with Gasteiger partial charge in [0.25, 0.3) is 5.56 Å². The Morgan fingerprint density at radius 3 is 2.83 bits per heavy atom. The van der Waals surface area contributed by atoms with E-state index in [4.69, 9.17) is 9.15 Å². The molecule has 148 valence electrons. The van der Waals surface area contributed by atoms with Crippen LogP contribution >= 0.6 is 0 Å². The average molecular weight is 391 g/mol. The average Bonchev–Trinajstić information content (AvgIpc) is 3.16. The minimum atomic E-state index is -0.375. The number of ether oxygens (including phenoxy) is 1. The number of furan rings is 1. The number of rotatable bonds is 6. The van der Waals surface area contributed by atoms with Crippen molar-refractivity contribution in [2.45, 2.75) is 26.4 Å². The Morgan fingerprint density at radius 1 is 1.21 bits per heavy atom. The lowest BCUT2D eigenvalue weighted by atomic mass is 10.2. The van der Waals surface area contributed by atoms with Gasteiger partial charge in [-0.05, 0) is 32.0 Å². The van der Waals surface area contributed by atoms with Crippen LogP contribution in [0.4, 0.5) is 0 Å². The molecular formula is C22H21N3O4. The SMILES string of the molecule is CCOc1cccc2cc(C(C)NC(=O)Cn3ncc4ccccc4c3=O)oc12. The maximum absolute atomic E-state index is 12.5. The minimum absolute atomic E-state index is 0.168. The van der Waals surface area contributed by atoms with Gasteiger partial charge in [-0.15, -0.1) is 0 Å². The van der Waals surface area contributed by atoms with Crippen LogP contribution in [0.3, 0.4) is 0 Å². The molecule has 2 aromatic heterocycles. The first-order valence-electron chi connectivity index (χ1n) is 9.46. The summed E-state index contributed by atoms with van der Waals surface area (Å²) in [6.45, 7) is 4.11. The highest BCUT2D eigenvalue weighted by molar-refractivity contribution is 5.84. The molecular weight excluding hydrogens is 370 g/mol. The van der Waals surface area contributed by atoms with Gasteiger partial charge in [-0.2, -0.15) is 5.10 Å². The van der Waals surface area contributed by atoms with Crippen molar-refractivity contribution in [3.8, 4) is 5.75 Å². The lowest BCUT2D eigenvalue weighted by Gasteiger charge is -2.12. The van der Waals surface area contributed by atoms with Crippen LogP contribution in [0.1, 0.15) is 25.6 Å². The predicted octanol–water partition coefficient (Wildman–Crippen LogP) is 3.42. The summed E-state index contributed by atoms with van der Waals surface area (Å²) in [7, 11) is 0. The number of carbonyl (C=O) groups excluding carboxylic acids is 1. The molecule has 0 saturated carbocycles. The van der Waals surface area contributed by atoms with E-state index < -0.39 is 0 Å². The van der Waals surface area contributed by atoms with Gasteiger partial charge in [0.15, 0.2) is 11.3 Å². The molecule has 1 unspecified atom stereocenters. The summed E-state index contributed by atoms with van der Waals surface area (Å²) in [5.74, 6) is 0.953. The van der Waals surface area contributed by atoms with Crippen molar-refractivity contribution in [1.82, 2.24) is 15.1 Å². The normalized spacial score (nSPS) is 12.2. The van der Waals surface area contributed by atoms with Crippen LogP contribution in [-0.2, 0) is 11.3 Å². The van der Waals surface area contributed by atoms with Gasteiger partial charge in [-0.25, -0.2) is 4.68 Å². The summed E-state index contributed by atoms with van der Waals surface area (Å²) in [5.41, 5.74) is 0.355. The van der Waals surface area contributed by atoms with Crippen molar-refractivity contribution in [3.63, 3.8) is 0 Å². The van der Waals surface area contributed by atoms with Gasteiger partial charge in [0.1, 0.15) is 12.3 Å². The minimum Gasteiger partial charge on any atom is -0.490 e. The molecule has 4 rings (SSSR count). The third-order valence-electron chi connectivity index (χ3n) is 4.69. The molecule has 7 nitrogen and oxygen atoms in total. The smallest absolute Gasteiger partial charge is 0.275 e. The van der Waals surface area contributed by atoms with Gasteiger partial charge in [0.05, 0.1) is 24.2 Å². The number of carbonyl (C=O) groups is 1. The zero-order chi connectivity index (χ0) is 20.4. The van der Waals surface area contributed by atoms with E-state index >= 15 is 0 Å². The molecule has 0 fully saturated rings. The lowest BCUT2D eigenvalue weighted by Crippen LogP contribution is -2.34. The third kappa shape index (κ3) is 3.71. The molecule has 1 amide bonds. The van der Waals surface area contributed by atoms with Gasteiger partial charge in [-0.1, -0.05) is 30.3 Å². The maximum Gasteiger partial charge on any atom is 0.275 e. The number of nitrogens with one attached hydrogen (secondary N) is 1. The number of nitrogens with zero attached hydrogens (tertiary/aromatic N) is 2. The van der Waals surface area contributed by atoms with Crippen LogP contribution in [0.5, 0.6) is 5.75 Å². The van der Waals surface area contributed by atoms with Crippen LogP contribution in [0.25, 0.3) is 21.7 Å². The predicted molar refractivity (Wildman–Crippen MR) is 110 cm³/mol. The maximum atomic E-state index is 12.5. The van der Waals surface area contributed by atoms with Crippen LogP contribution in [0.2, 0.25) is 0 Å². The molecule has 0 saturated heterocycles. The number of aromatic nitrogens is 2. The quantitative estimate of drug-likeness (QED) is 0.544. The summed E-state index contributed by atoms with van der Waals surface area (Å²) in [6, 6.07) is 14.3. The van der Waals surface area contributed by atoms with E-state index in [1.54, 1.807) is 18.3 Å². The number of fused-ring (bicyclic) bond motifs is 2. The molecule has 0 spiro atoms. The molecule has 0 aliphatic rings. The van der Waals surface area contributed by atoms with Crippen LogP contribution < -0.4 is 15.6 Å². The van der Waals surface area contributed by atoms with Crippen molar-refractivity contribution in [2.75, 3.05) is 6.61 Å². The summed E-state index contributed by atoms with van der Waals surface area (Å²) < 4.78 is 12.7. The summed E-state index contributed by atoms with van der Waals surface area (Å²) >= 11 is 0. The zero-order valence-electron chi connectivity index (χ0n) is 16.2. The Kier molecular flexibility index (Phi) is 5.03. The number of hydrogen-bond acceptors (Lipinski definition) is 5. The first kappa shape index (κ1) is 18.7. The lowest BCUT2D eigenvalue weighted by molar-refractivity contribution is -0.122. The van der Waals surface area contributed by atoms with E-state index in [0.29, 0.717) is 29.1 Å². The summed E-state index contributed by atoms with van der Waals surface area (Å²) in [6.07, 6.45) is 1.59. The fourth-order valence-electron chi connectivity index (χ4n) is 3.27. The summed E-state index contributed by atoms with van der Waals surface area (Å²) in [5, 5.41) is 9.13. The first-order chi connectivity index (χ1) is 14.1. The highest BCUT2D eigenvalue weighted by Gasteiger charge is 2.17. The third-order valence-corrected chi connectivity index (χ3v) is 4.69. The molecule has 29 heavy (non-hydrogen) atoms. The molecule has 2 aromatic carbocycles. The van der Waals surface area contributed by atoms with E-state index in [0.717, 1.165) is 15.5 Å². The van der Waals surface area contributed by atoms with Crippen LogP contribution in [0, 0.1) is 0 Å². The van der Waals surface area contributed by atoms with E-state index in [-0.39, 0.29) is 24.1 Å². The van der Waals surface area contributed by atoms with Crippen LogP contribution in [0.15, 0.2) is 63.9 Å². The molecule has 7 heteroatoms.